The number of aryl methyl sites for hydroxylation is 1. The Morgan fingerprint density at radius 3 is 2.45 bits per heavy atom. The molecule has 6 heteroatoms. The zero-order valence-corrected chi connectivity index (χ0v) is 17.2. The van der Waals surface area contributed by atoms with Gasteiger partial charge >= 0.3 is 0 Å². The Labute approximate surface area is 172 Å². The maximum absolute atomic E-state index is 12.5. The summed E-state index contributed by atoms with van der Waals surface area (Å²) in [5.74, 6) is 0. The van der Waals surface area contributed by atoms with Crippen LogP contribution in [0.1, 0.15) is 19.8 Å². The molecule has 2 aromatic carbocycles. The second-order valence-electron chi connectivity index (χ2n) is 7.92. The van der Waals surface area contributed by atoms with Crippen molar-refractivity contribution in [3.63, 3.8) is 0 Å². The second-order valence-corrected chi connectivity index (χ2v) is 9.65. The SMILES string of the molecule is Cn1cc(-c2ccc(-c3cncc4ccc(NS(=O)C5(C)CC5)cc34)cc2)cn1. The normalized spacial score (nSPS) is 15.9. The molecule has 1 fully saturated rings. The van der Waals surface area contributed by atoms with Crippen LogP contribution in [-0.2, 0) is 18.0 Å². The lowest BCUT2D eigenvalue weighted by Gasteiger charge is -2.13. The van der Waals surface area contributed by atoms with Gasteiger partial charge in [-0.1, -0.05) is 30.3 Å². The molecule has 5 nitrogen and oxygen atoms in total. The Morgan fingerprint density at radius 2 is 1.76 bits per heavy atom. The summed E-state index contributed by atoms with van der Waals surface area (Å²) in [6.45, 7) is 2.07. The maximum atomic E-state index is 12.5. The number of benzene rings is 2. The molecule has 1 aliphatic carbocycles. The van der Waals surface area contributed by atoms with Crippen LogP contribution in [0.3, 0.4) is 0 Å². The molecule has 1 saturated carbocycles. The van der Waals surface area contributed by atoms with Gasteiger partial charge in [0.05, 0.1) is 10.9 Å². The molecule has 0 aliphatic heterocycles. The van der Waals surface area contributed by atoms with Crippen molar-refractivity contribution in [2.24, 2.45) is 7.05 Å². The van der Waals surface area contributed by atoms with E-state index in [0.717, 1.165) is 51.6 Å². The third-order valence-electron chi connectivity index (χ3n) is 5.61. The predicted octanol–water partition coefficient (Wildman–Crippen LogP) is 4.93. The summed E-state index contributed by atoms with van der Waals surface area (Å²) in [6.07, 6.45) is 9.66. The summed E-state index contributed by atoms with van der Waals surface area (Å²) in [4.78, 5) is 4.42. The minimum absolute atomic E-state index is 0.0852. The Bertz CT molecular complexity index is 1230. The van der Waals surface area contributed by atoms with Gasteiger partial charge in [0.15, 0.2) is 0 Å². The third-order valence-corrected chi connectivity index (χ3v) is 7.33. The zero-order valence-electron chi connectivity index (χ0n) is 16.4. The van der Waals surface area contributed by atoms with Gasteiger partial charge in [0.1, 0.15) is 11.0 Å². The highest BCUT2D eigenvalue weighted by atomic mass is 32.2. The number of rotatable bonds is 5. The van der Waals surface area contributed by atoms with Crippen molar-refractivity contribution in [2.75, 3.05) is 4.72 Å². The highest BCUT2D eigenvalue weighted by molar-refractivity contribution is 7.88. The number of pyridine rings is 1. The van der Waals surface area contributed by atoms with Gasteiger partial charge in [0.25, 0.3) is 0 Å². The Hall–Kier alpha value is -2.99. The van der Waals surface area contributed by atoms with E-state index in [1.54, 1.807) is 4.68 Å². The smallest absolute Gasteiger partial charge is 0.123 e. The van der Waals surface area contributed by atoms with Gasteiger partial charge < -0.3 is 4.72 Å². The van der Waals surface area contributed by atoms with Crippen LogP contribution >= 0.6 is 0 Å². The van der Waals surface area contributed by atoms with E-state index >= 15 is 0 Å². The minimum atomic E-state index is -1.07. The first-order valence-corrected chi connectivity index (χ1v) is 10.8. The van der Waals surface area contributed by atoms with Gasteiger partial charge in [0, 0.05) is 47.8 Å². The van der Waals surface area contributed by atoms with E-state index in [-0.39, 0.29) is 4.75 Å². The van der Waals surface area contributed by atoms with Crippen molar-refractivity contribution >= 4 is 27.4 Å². The van der Waals surface area contributed by atoms with Gasteiger partial charge in [-0.05, 0) is 48.4 Å². The molecule has 2 heterocycles. The molecule has 0 saturated heterocycles. The molecule has 1 aliphatic rings. The molecule has 0 bridgehead atoms. The Balaban J connectivity index is 1.50. The zero-order chi connectivity index (χ0) is 20.0. The third kappa shape index (κ3) is 3.44. The lowest BCUT2D eigenvalue weighted by Crippen LogP contribution is -2.19. The molecule has 146 valence electrons. The second kappa shape index (κ2) is 6.81. The van der Waals surface area contributed by atoms with Crippen LogP contribution < -0.4 is 4.72 Å². The fourth-order valence-electron chi connectivity index (χ4n) is 3.46. The largest absolute Gasteiger partial charge is 0.305 e. The van der Waals surface area contributed by atoms with Crippen LogP contribution in [0, 0.1) is 0 Å². The first kappa shape index (κ1) is 18.1. The van der Waals surface area contributed by atoms with Crippen molar-refractivity contribution < 1.29 is 4.21 Å². The van der Waals surface area contributed by atoms with E-state index in [4.69, 9.17) is 0 Å². The number of anilines is 1. The van der Waals surface area contributed by atoms with Crippen LogP contribution in [-0.4, -0.2) is 23.7 Å². The topological polar surface area (TPSA) is 59.8 Å². The maximum Gasteiger partial charge on any atom is 0.123 e. The first-order chi connectivity index (χ1) is 14.0. The van der Waals surface area contributed by atoms with Crippen LogP contribution in [0.15, 0.2) is 67.3 Å². The average molecular weight is 403 g/mol. The summed E-state index contributed by atoms with van der Waals surface area (Å²) >= 11 is 0. The van der Waals surface area contributed by atoms with Gasteiger partial charge in [-0.15, -0.1) is 0 Å². The number of aromatic nitrogens is 3. The standard InChI is InChI=1S/C23H22N4OS/c1-23(9-10-23)29(28)26-20-8-7-18-12-24-14-22(21(18)11-20)17-5-3-16(4-6-17)19-13-25-27(2)15-19/h3-8,11-15,26H,9-10H2,1-2H3. The average Bonchev–Trinajstić information content (AvgIpc) is 3.35. The number of nitrogens with zero attached hydrogens (tertiary/aromatic N) is 3. The number of nitrogens with one attached hydrogen (secondary N) is 1. The quantitative estimate of drug-likeness (QED) is 0.515. The van der Waals surface area contributed by atoms with Crippen LogP contribution in [0.4, 0.5) is 5.69 Å². The van der Waals surface area contributed by atoms with Crippen molar-refractivity contribution in [1.82, 2.24) is 14.8 Å². The van der Waals surface area contributed by atoms with Crippen molar-refractivity contribution in [2.45, 2.75) is 24.5 Å². The van der Waals surface area contributed by atoms with Crippen LogP contribution in [0.5, 0.6) is 0 Å². The summed E-state index contributed by atoms with van der Waals surface area (Å²) in [5.41, 5.74) is 5.27. The Kier molecular flexibility index (Phi) is 4.24. The lowest BCUT2D eigenvalue weighted by molar-refractivity contribution is 0.676. The van der Waals surface area contributed by atoms with Crippen molar-refractivity contribution in [3.8, 4) is 22.3 Å². The summed E-state index contributed by atoms with van der Waals surface area (Å²) in [6, 6.07) is 14.5. The lowest BCUT2D eigenvalue weighted by atomic mass is 9.98. The molecule has 29 heavy (non-hydrogen) atoms. The first-order valence-electron chi connectivity index (χ1n) is 9.68. The monoisotopic (exact) mass is 402 g/mol. The van der Waals surface area contributed by atoms with Gasteiger partial charge in [-0.2, -0.15) is 5.10 Å². The van der Waals surface area contributed by atoms with Gasteiger partial charge in [-0.25, -0.2) is 4.21 Å². The molecule has 1 atom stereocenters. The Morgan fingerprint density at radius 1 is 1.00 bits per heavy atom. The summed E-state index contributed by atoms with van der Waals surface area (Å²) < 4.78 is 17.5. The molecule has 2 aromatic heterocycles. The molecule has 4 aromatic rings. The summed E-state index contributed by atoms with van der Waals surface area (Å²) in [5, 5.41) is 6.40. The van der Waals surface area contributed by atoms with Gasteiger partial charge in [0.2, 0.25) is 0 Å². The molecular formula is C23H22N4OS. The highest BCUT2D eigenvalue weighted by Crippen LogP contribution is 2.41. The van der Waals surface area contributed by atoms with E-state index in [1.165, 1.54) is 0 Å². The fourth-order valence-corrected chi connectivity index (χ4v) is 4.52. The number of fused-ring (bicyclic) bond motifs is 1. The van der Waals surface area contributed by atoms with E-state index in [0.29, 0.717) is 0 Å². The molecule has 1 N–H and O–H groups in total. The molecule has 0 amide bonds. The van der Waals surface area contributed by atoms with Crippen molar-refractivity contribution in [1.29, 1.82) is 0 Å². The molecule has 0 spiro atoms. The van der Waals surface area contributed by atoms with E-state index in [1.807, 2.05) is 44.0 Å². The van der Waals surface area contributed by atoms with E-state index in [9.17, 15) is 4.21 Å². The minimum Gasteiger partial charge on any atom is -0.305 e. The number of hydrogen-bond donors (Lipinski definition) is 1. The fraction of sp³-hybridized carbons (Fsp3) is 0.217. The summed E-state index contributed by atoms with van der Waals surface area (Å²) in [7, 11) is 0.851. The van der Waals surface area contributed by atoms with Crippen molar-refractivity contribution in [3.05, 3.63) is 67.3 Å². The van der Waals surface area contributed by atoms with E-state index < -0.39 is 11.0 Å². The van der Waals surface area contributed by atoms with Gasteiger partial charge in [-0.3, -0.25) is 9.67 Å². The molecule has 5 rings (SSSR count). The highest BCUT2D eigenvalue weighted by Gasteiger charge is 2.44. The van der Waals surface area contributed by atoms with Crippen LogP contribution in [0.2, 0.25) is 0 Å². The van der Waals surface area contributed by atoms with E-state index in [2.05, 4.69) is 52.1 Å². The number of hydrogen-bond acceptors (Lipinski definition) is 3. The molecule has 0 radical (unpaired) electrons. The molecule has 1 unspecified atom stereocenters. The van der Waals surface area contributed by atoms with Crippen LogP contribution in [0.25, 0.3) is 33.0 Å². The predicted molar refractivity (Wildman–Crippen MR) is 119 cm³/mol. The molecular weight excluding hydrogens is 380 g/mol.